The van der Waals surface area contributed by atoms with Gasteiger partial charge in [-0.25, -0.2) is 0 Å². The number of carbonyl (C=O) groups is 2. The van der Waals surface area contributed by atoms with Gasteiger partial charge in [0.05, 0.1) is 24.5 Å². The average molecular weight is 481 g/mol. The SMILES string of the molecule is CCOC(=O)C1CCN(C2=NC(=O)/C(=C/c3ccc(OCc4ccccc4)c(OC)c3)S2)CC1. The fourth-order valence-electron chi connectivity index (χ4n) is 3.88. The van der Waals surface area contributed by atoms with E-state index in [1.807, 2.05) is 61.5 Å². The van der Waals surface area contributed by atoms with Crippen LogP contribution >= 0.6 is 11.8 Å². The van der Waals surface area contributed by atoms with Gasteiger partial charge in [0, 0.05) is 13.1 Å². The summed E-state index contributed by atoms with van der Waals surface area (Å²) in [5.74, 6) is 0.771. The maximum absolute atomic E-state index is 12.5. The molecule has 1 fully saturated rings. The number of hydrogen-bond donors (Lipinski definition) is 0. The number of hydrogen-bond acceptors (Lipinski definition) is 7. The van der Waals surface area contributed by atoms with Crippen molar-refractivity contribution in [2.24, 2.45) is 10.9 Å². The predicted molar refractivity (Wildman–Crippen MR) is 133 cm³/mol. The third-order valence-corrected chi connectivity index (χ3v) is 6.76. The van der Waals surface area contributed by atoms with Crippen molar-refractivity contribution in [1.82, 2.24) is 4.90 Å². The topological polar surface area (TPSA) is 77.4 Å². The molecule has 0 atom stereocenters. The summed E-state index contributed by atoms with van der Waals surface area (Å²) < 4.78 is 16.6. The van der Waals surface area contributed by atoms with E-state index in [2.05, 4.69) is 9.89 Å². The first-order chi connectivity index (χ1) is 16.6. The number of amidine groups is 1. The number of aliphatic imine (C=N–C) groups is 1. The summed E-state index contributed by atoms with van der Waals surface area (Å²) in [6, 6.07) is 15.5. The van der Waals surface area contributed by atoms with Crippen molar-refractivity contribution in [3.8, 4) is 11.5 Å². The number of ether oxygens (including phenoxy) is 3. The molecule has 0 spiro atoms. The van der Waals surface area contributed by atoms with Gasteiger partial charge < -0.3 is 19.1 Å². The lowest BCUT2D eigenvalue weighted by molar-refractivity contribution is -0.149. The second-order valence-electron chi connectivity index (χ2n) is 8.01. The second-order valence-corrected chi connectivity index (χ2v) is 9.02. The van der Waals surface area contributed by atoms with Crippen LogP contribution < -0.4 is 9.47 Å². The van der Waals surface area contributed by atoms with Crippen LogP contribution in [0.5, 0.6) is 11.5 Å². The van der Waals surface area contributed by atoms with Crippen molar-refractivity contribution in [3.05, 3.63) is 64.6 Å². The van der Waals surface area contributed by atoms with Gasteiger partial charge in [-0.2, -0.15) is 4.99 Å². The van der Waals surface area contributed by atoms with Crippen LogP contribution in [0.4, 0.5) is 0 Å². The Labute approximate surface area is 203 Å². The fourth-order valence-corrected chi connectivity index (χ4v) is 4.84. The number of benzene rings is 2. The van der Waals surface area contributed by atoms with Gasteiger partial charge in [0.1, 0.15) is 6.61 Å². The van der Waals surface area contributed by atoms with Gasteiger partial charge in [-0.15, -0.1) is 0 Å². The molecule has 0 aromatic heterocycles. The zero-order chi connectivity index (χ0) is 23.9. The van der Waals surface area contributed by atoms with E-state index in [1.54, 1.807) is 7.11 Å². The number of nitrogens with zero attached hydrogens (tertiary/aromatic N) is 2. The molecular formula is C26H28N2O5S. The molecule has 34 heavy (non-hydrogen) atoms. The van der Waals surface area contributed by atoms with Crippen LogP contribution in [0.3, 0.4) is 0 Å². The summed E-state index contributed by atoms with van der Waals surface area (Å²) in [6.07, 6.45) is 3.22. The monoisotopic (exact) mass is 480 g/mol. The van der Waals surface area contributed by atoms with E-state index in [1.165, 1.54) is 11.8 Å². The van der Waals surface area contributed by atoms with Crippen molar-refractivity contribution in [2.75, 3.05) is 26.8 Å². The van der Waals surface area contributed by atoms with Crippen LogP contribution in [0, 0.1) is 5.92 Å². The van der Waals surface area contributed by atoms with Crippen LogP contribution in [0.15, 0.2) is 58.4 Å². The second kappa shape index (κ2) is 11.2. The molecule has 7 nitrogen and oxygen atoms in total. The molecule has 8 heteroatoms. The predicted octanol–water partition coefficient (Wildman–Crippen LogP) is 4.52. The summed E-state index contributed by atoms with van der Waals surface area (Å²) in [4.78, 5) is 31.4. The quantitative estimate of drug-likeness (QED) is 0.426. The first-order valence-electron chi connectivity index (χ1n) is 11.4. The molecule has 0 N–H and O–H groups in total. The number of methoxy groups -OCH3 is 1. The maximum atomic E-state index is 12.5. The van der Waals surface area contributed by atoms with Gasteiger partial charge in [0.15, 0.2) is 16.7 Å². The van der Waals surface area contributed by atoms with Crippen LogP contribution in [-0.2, 0) is 20.9 Å². The molecule has 0 aliphatic carbocycles. The number of rotatable bonds is 7. The number of carbonyl (C=O) groups excluding carboxylic acids is 2. The van der Waals surface area contributed by atoms with E-state index in [0.29, 0.717) is 60.7 Å². The van der Waals surface area contributed by atoms with Gasteiger partial charge >= 0.3 is 5.97 Å². The highest BCUT2D eigenvalue weighted by Gasteiger charge is 2.31. The van der Waals surface area contributed by atoms with Gasteiger partial charge in [0.25, 0.3) is 5.91 Å². The van der Waals surface area contributed by atoms with Crippen LogP contribution in [-0.4, -0.2) is 48.8 Å². The molecule has 1 saturated heterocycles. The summed E-state index contributed by atoms with van der Waals surface area (Å²) in [6.45, 7) is 4.01. The normalized spacial score (nSPS) is 17.6. The van der Waals surface area contributed by atoms with Crippen LogP contribution in [0.25, 0.3) is 6.08 Å². The number of thioether (sulfide) groups is 1. The molecule has 0 saturated carbocycles. The minimum atomic E-state index is -0.254. The third-order valence-electron chi connectivity index (χ3n) is 5.72. The molecule has 2 aliphatic rings. The Balaban J connectivity index is 1.38. The molecule has 178 valence electrons. The van der Waals surface area contributed by atoms with E-state index >= 15 is 0 Å². The summed E-state index contributed by atoms with van der Waals surface area (Å²) >= 11 is 1.36. The summed E-state index contributed by atoms with van der Waals surface area (Å²) in [7, 11) is 1.60. The fraction of sp³-hybridized carbons (Fsp3) is 0.346. The highest BCUT2D eigenvalue weighted by molar-refractivity contribution is 8.18. The Hall–Kier alpha value is -3.26. The third kappa shape index (κ3) is 5.80. The standard InChI is InChI=1S/C26H28N2O5S/c1-3-32-25(30)20-11-13-28(14-12-20)26-27-24(29)23(34-26)16-19-9-10-21(22(15-19)31-2)33-17-18-7-5-4-6-8-18/h4-10,15-16,20H,3,11-14,17H2,1-2H3/b23-16-. The van der Waals surface area contributed by atoms with E-state index in [4.69, 9.17) is 14.2 Å². The Bertz CT molecular complexity index is 1090. The number of likely N-dealkylation sites (tertiary alicyclic amines) is 1. The van der Waals surface area contributed by atoms with Gasteiger partial charge in [0.2, 0.25) is 0 Å². The van der Waals surface area contributed by atoms with Gasteiger partial charge in [-0.05, 0) is 60.9 Å². The minimum Gasteiger partial charge on any atom is -0.493 e. The van der Waals surface area contributed by atoms with Crippen LogP contribution in [0.2, 0.25) is 0 Å². The zero-order valence-corrected chi connectivity index (χ0v) is 20.2. The summed E-state index contributed by atoms with van der Waals surface area (Å²) in [5, 5.41) is 0.688. The van der Waals surface area contributed by atoms with E-state index in [0.717, 1.165) is 11.1 Å². The maximum Gasteiger partial charge on any atom is 0.309 e. The smallest absolute Gasteiger partial charge is 0.309 e. The molecule has 2 aromatic rings. The highest BCUT2D eigenvalue weighted by atomic mass is 32.2. The minimum absolute atomic E-state index is 0.0796. The van der Waals surface area contributed by atoms with Crippen LogP contribution in [0.1, 0.15) is 30.9 Å². The van der Waals surface area contributed by atoms with Crippen molar-refractivity contribution in [2.45, 2.75) is 26.4 Å². The number of piperidine rings is 1. The van der Waals surface area contributed by atoms with Gasteiger partial charge in [-0.1, -0.05) is 36.4 Å². The molecule has 4 rings (SSSR count). The van der Waals surface area contributed by atoms with E-state index in [9.17, 15) is 9.59 Å². The molecular weight excluding hydrogens is 452 g/mol. The Morgan fingerprint density at radius 2 is 1.91 bits per heavy atom. The molecule has 2 aliphatic heterocycles. The lowest BCUT2D eigenvalue weighted by Gasteiger charge is -2.31. The Kier molecular flexibility index (Phi) is 7.90. The summed E-state index contributed by atoms with van der Waals surface area (Å²) in [5.41, 5.74) is 1.90. The number of amides is 1. The molecule has 1 amide bonds. The van der Waals surface area contributed by atoms with Crippen molar-refractivity contribution < 1.29 is 23.8 Å². The van der Waals surface area contributed by atoms with Crippen molar-refractivity contribution in [3.63, 3.8) is 0 Å². The molecule has 0 unspecified atom stereocenters. The lowest BCUT2D eigenvalue weighted by Crippen LogP contribution is -2.39. The van der Waals surface area contributed by atoms with Crippen molar-refractivity contribution >= 4 is 34.9 Å². The van der Waals surface area contributed by atoms with E-state index < -0.39 is 0 Å². The number of esters is 1. The largest absolute Gasteiger partial charge is 0.493 e. The Morgan fingerprint density at radius 3 is 2.62 bits per heavy atom. The first-order valence-corrected chi connectivity index (χ1v) is 12.2. The first kappa shape index (κ1) is 23.9. The molecule has 2 aromatic carbocycles. The molecule has 0 bridgehead atoms. The Morgan fingerprint density at radius 1 is 1.15 bits per heavy atom. The molecule has 0 radical (unpaired) electrons. The zero-order valence-electron chi connectivity index (χ0n) is 19.4. The lowest BCUT2D eigenvalue weighted by atomic mass is 9.97. The van der Waals surface area contributed by atoms with Crippen molar-refractivity contribution in [1.29, 1.82) is 0 Å². The van der Waals surface area contributed by atoms with E-state index in [-0.39, 0.29) is 17.8 Å². The molecule has 2 heterocycles. The average Bonchev–Trinajstić information content (AvgIpc) is 3.24. The van der Waals surface area contributed by atoms with Gasteiger partial charge in [-0.3, -0.25) is 9.59 Å². The highest BCUT2D eigenvalue weighted by Crippen LogP contribution is 2.34.